The van der Waals surface area contributed by atoms with Crippen LogP contribution in [0.5, 0.6) is 0 Å². The third kappa shape index (κ3) is 2.63. The second-order valence-corrected chi connectivity index (χ2v) is 4.21. The van der Waals surface area contributed by atoms with Crippen LogP contribution in [-0.4, -0.2) is 27.0 Å². The lowest BCUT2D eigenvalue weighted by molar-refractivity contribution is 0.536. The van der Waals surface area contributed by atoms with Gasteiger partial charge in [0.15, 0.2) is 5.82 Å². The highest BCUT2D eigenvalue weighted by molar-refractivity contribution is 5.58. The summed E-state index contributed by atoms with van der Waals surface area (Å²) in [5.41, 5.74) is 0.0870. The summed E-state index contributed by atoms with van der Waals surface area (Å²) in [5, 5.41) is 5.49. The molecular weight excluding hydrogens is 266 g/mol. The number of aryl methyl sites for hydroxylation is 2. The number of nitrogens with one attached hydrogen (secondary N) is 2. The predicted molar refractivity (Wildman–Crippen MR) is 71.0 cm³/mol. The number of hydrogen-bond donors (Lipinski definition) is 2. The summed E-state index contributed by atoms with van der Waals surface area (Å²) in [4.78, 5) is 15.8. The van der Waals surface area contributed by atoms with Crippen LogP contribution in [0.15, 0.2) is 0 Å². The molecule has 6 nitrogen and oxygen atoms in total. The molecule has 0 saturated heterocycles. The van der Waals surface area contributed by atoms with Crippen LogP contribution in [0.2, 0.25) is 0 Å². The minimum absolute atomic E-state index is 0.0524. The molecule has 0 spiro atoms. The van der Waals surface area contributed by atoms with Crippen LogP contribution < -0.4 is 10.6 Å². The second-order valence-electron chi connectivity index (χ2n) is 4.21. The molecule has 2 aromatic rings. The third-order valence-corrected chi connectivity index (χ3v) is 2.69. The van der Waals surface area contributed by atoms with Gasteiger partial charge in [-0.1, -0.05) is 0 Å². The first-order valence-corrected chi connectivity index (χ1v) is 5.92. The lowest BCUT2D eigenvalue weighted by atomic mass is 10.2. The average Bonchev–Trinajstić information content (AvgIpc) is 2.40. The number of rotatable bonds is 3. The lowest BCUT2D eigenvalue weighted by Gasteiger charge is -2.11. The van der Waals surface area contributed by atoms with E-state index in [1.165, 1.54) is 13.8 Å². The van der Waals surface area contributed by atoms with Crippen LogP contribution in [0, 0.1) is 32.5 Å². The minimum Gasteiger partial charge on any atom is -0.357 e. The van der Waals surface area contributed by atoms with Gasteiger partial charge in [-0.3, -0.25) is 0 Å². The molecule has 2 N–H and O–H groups in total. The van der Waals surface area contributed by atoms with Crippen LogP contribution in [0.3, 0.4) is 0 Å². The van der Waals surface area contributed by atoms with E-state index < -0.39 is 11.8 Å². The molecule has 0 amide bonds. The Balaban J connectivity index is 2.45. The number of pyridine rings is 1. The van der Waals surface area contributed by atoms with E-state index in [1.54, 1.807) is 14.0 Å². The summed E-state index contributed by atoms with van der Waals surface area (Å²) in [6.45, 7) is 4.51. The fraction of sp³-hybridized carbons (Fsp3) is 0.333. The maximum atomic E-state index is 14.1. The van der Waals surface area contributed by atoms with Crippen molar-refractivity contribution in [2.24, 2.45) is 0 Å². The summed E-state index contributed by atoms with van der Waals surface area (Å²) in [7, 11) is 1.66. The first kappa shape index (κ1) is 14.0. The zero-order valence-electron chi connectivity index (χ0n) is 11.5. The van der Waals surface area contributed by atoms with E-state index in [2.05, 4.69) is 30.6 Å². The van der Waals surface area contributed by atoms with Gasteiger partial charge in [0, 0.05) is 12.6 Å². The Labute approximate surface area is 114 Å². The zero-order chi connectivity index (χ0) is 14.9. The molecular formula is C12H14F2N6. The number of anilines is 3. The Morgan fingerprint density at radius 2 is 1.55 bits per heavy atom. The van der Waals surface area contributed by atoms with Crippen LogP contribution in [0.4, 0.5) is 26.4 Å². The van der Waals surface area contributed by atoms with Gasteiger partial charge < -0.3 is 10.6 Å². The molecule has 0 aromatic carbocycles. The van der Waals surface area contributed by atoms with Crippen molar-refractivity contribution in [2.45, 2.75) is 20.8 Å². The van der Waals surface area contributed by atoms with Gasteiger partial charge in [0.2, 0.25) is 17.8 Å². The fourth-order valence-corrected chi connectivity index (χ4v) is 1.63. The van der Waals surface area contributed by atoms with Crippen molar-refractivity contribution in [1.29, 1.82) is 0 Å². The predicted octanol–water partition coefficient (Wildman–Crippen LogP) is 2.26. The van der Waals surface area contributed by atoms with Gasteiger partial charge in [0.05, 0.1) is 11.4 Å². The Kier molecular flexibility index (Phi) is 3.73. The van der Waals surface area contributed by atoms with Gasteiger partial charge in [-0.2, -0.15) is 19.3 Å². The molecule has 20 heavy (non-hydrogen) atoms. The highest BCUT2D eigenvalue weighted by Crippen LogP contribution is 2.24. The van der Waals surface area contributed by atoms with Gasteiger partial charge >= 0.3 is 0 Å². The van der Waals surface area contributed by atoms with E-state index in [0.717, 1.165) is 0 Å². The molecule has 2 rings (SSSR count). The molecule has 0 unspecified atom stereocenters. The monoisotopic (exact) mass is 280 g/mol. The largest absolute Gasteiger partial charge is 0.357 e. The normalized spacial score (nSPS) is 10.5. The molecule has 0 aliphatic heterocycles. The quantitative estimate of drug-likeness (QED) is 0.840. The summed E-state index contributed by atoms with van der Waals surface area (Å²) >= 11 is 0. The van der Waals surface area contributed by atoms with Gasteiger partial charge in [0.25, 0.3) is 0 Å². The molecule has 0 saturated carbocycles. The van der Waals surface area contributed by atoms with Gasteiger partial charge in [-0.15, -0.1) is 0 Å². The SMILES string of the molecule is CNc1nc(C)nc(Nc2c(C)nc(F)c(C)c2F)n1. The topological polar surface area (TPSA) is 75.6 Å². The van der Waals surface area contributed by atoms with Gasteiger partial charge in [0.1, 0.15) is 5.82 Å². The maximum absolute atomic E-state index is 14.1. The standard InChI is InChI=1S/C12H14F2N6/c1-5-8(13)9(6(2)16-10(5)14)19-12-18-7(3)17-11(15-4)20-12/h1-4H3,(H2,15,17,18,19,20). The lowest BCUT2D eigenvalue weighted by Crippen LogP contribution is -2.09. The van der Waals surface area contributed by atoms with Crippen LogP contribution in [-0.2, 0) is 0 Å². The molecule has 0 atom stereocenters. The molecule has 106 valence electrons. The summed E-state index contributed by atoms with van der Waals surface area (Å²) in [5.74, 6) is -0.550. The van der Waals surface area contributed by atoms with Crippen molar-refractivity contribution >= 4 is 17.6 Å². The molecule has 2 aromatic heterocycles. The van der Waals surface area contributed by atoms with E-state index >= 15 is 0 Å². The van der Waals surface area contributed by atoms with Crippen molar-refractivity contribution in [3.05, 3.63) is 28.8 Å². The fourth-order valence-electron chi connectivity index (χ4n) is 1.63. The summed E-state index contributed by atoms with van der Waals surface area (Å²) < 4.78 is 27.4. The molecule has 8 heteroatoms. The van der Waals surface area contributed by atoms with Gasteiger partial charge in [-0.05, 0) is 20.8 Å². The number of halogens is 2. The van der Waals surface area contributed by atoms with Crippen LogP contribution in [0.1, 0.15) is 17.1 Å². The van der Waals surface area contributed by atoms with Crippen molar-refractivity contribution < 1.29 is 8.78 Å². The highest BCUT2D eigenvalue weighted by Gasteiger charge is 2.16. The van der Waals surface area contributed by atoms with E-state index in [-0.39, 0.29) is 22.9 Å². The Hall–Kier alpha value is -2.38. The van der Waals surface area contributed by atoms with Crippen molar-refractivity contribution in [3.63, 3.8) is 0 Å². The van der Waals surface area contributed by atoms with Crippen molar-refractivity contribution in [1.82, 2.24) is 19.9 Å². The molecule has 0 aliphatic rings. The smallest absolute Gasteiger partial charge is 0.232 e. The minimum atomic E-state index is -0.826. The Morgan fingerprint density at radius 1 is 0.900 bits per heavy atom. The van der Waals surface area contributed by atoms with Gasteiger partial charge in [-0.25, -0.2) is 9.37 Å². The van der Waals surface area contributed by atoms with Crippen LogP contribution >= 0.6 is 0 Å². The summed E-state index contributed by atoms with van der Waals surface area (Å²) in [6.07, 6.45) is 0. The van der Waals surface area contributed by atoms with Crippen LogP contribution in [0.25, 0.3) is 0 Å². The van der Waals surface area contributed by atoms with E-state index in [0.29, 0.717) is 11.8 Å². The molecule has 0 radical (unpaired) electrons. The first-order valence-electron chi connectivity index (χ1n) is 5.92. The summed E-state index contributed by atoms with van der Waals surface area (Å²) in [6, 6.07) is 0. The second kappa shape index (κ2) is 5.32. The zero-order valence-corrected chi connectivity index (χ0v) is 11.5. The molecule has 0 fully saturated rings. The first-order chi connectivity index (χ1) is 9.42. The average molecular weight is 280 g/mol. The van der Waals surface area contributed by atoms with E-state index in [1.807, 2.05) is 0 Å². The molecule has 0 aliphatic carbocycles. The number of hydrogen-bond acceptors (Lipinski definition) is 6. The Morgan fingerprint density at radius 3 is 2.20 bits per heavy atom. The van der Waals surface area contributed by atoms with Crippen molar-refractivity contribution in [2.75, 3.05) is 17.7 Å². The highest BCUT2D eigenvalue weighted by atomic mass is 19.1. The van der Waals surface area contributed by atoms with E-state index in [4.69, 9.17) is 0 Å². The third-order valence-electron chi connectivity index (χ3n) is 2.69. The number of aromatic nitrogens is 4. The number of nitrogens with zero attached hydrogens (tertiary/aromatic N) is 4. The van der Waals surface area contributed by atoms with E-state index in [9.17, 15) is 8.78 Å². The maximum Gasteiger partial charge on any atom is 0.232 e. The molecule has 2 heterocycles. The Bertz CT molecular complexity index is 659. The van der Waals surface area contributed by atoms with Crippen molar-refractivity contribution in [3.8, 4) is 0 Å². The molecule has 0 bridgehead atoms.